The molecule has 0 aromatic heterocycles. The van der Waals surface area contributed by atoms with E-state index in [4.69, 9.17) is 16.3 Å². The highest BCUT2D eigenvalue weighted by Crippen LogP contribution is 2.42. The largest absolute Gasteiger partial charge is 0.507 e. The van der Waals surface area contributed by atoms with Crippen molar-refractivity contribution in [3.05, 3.63) is 57.6 Å². The van der Waals surface area contributed by atoms with Gasteiger partial charge in [0.05, 0.1) is 12.5 Å². The van der Waals surface area contributed by atoms with Crippen LogP contribution in [0.15, 0.2) is 30.3 Å². The smallest absolute Gasteiger partial charge is 0.310 e. The standard InChI is InChI=1S/C18H15ClO5/c1-9(18(22)23)13-8-11-6-7-24-17(11)14(16(13)21)15(20)10-2-4-12(19)5-3-10/h2-5,8-9,21H,6-7H2,1H3,(H,22,23). The molecular formula is C18H15ClO5. The quantitative estimate of drug-likeness (QED) is 0.829. The Morgan fingerprint density at radius 2 is 1.92 bits per heavy atom. The highest BCUT2D eigenvalue weighted by atomic mass is 35.5. The fourth-order valence-electron chi connectivity index (χ4n) is 2.77. The first-order valence-electron chi connectivity index (χ1n) is 7.44. The number of ether oxygens (including phenoxy) is 1. The van der Waals surface area contributed by atoms with Gasteiger partial charge in [0.15, 0.2) is 0 Å². The molecule has 6 heteroatoms. The SMILES string of the molecule is CC(C(=O)O)c1cc2c(c(C(=O)c3ccc(Cl)cc3)c1O)OCC2. The first-order valence-corrected chi connectivity index (χ1v) is 7.82. The number of hydrogen-bond acceptors (Lipinski definition) is 4. The molecule has 24 heavy (non-hydrogen) atoms. The van der Waals surface area contributed by atoms with E-state index in [2.05, 4.69) is 0 Å². The number of aromatic hydroxyl groups is 1. The van der Waals surface area contributed by atoms with Gasteiger partial charge in [0.2, 0.25) is 5.78 Å². The first-order chi connectivity index (χ1) is 11.4. The fourth-order valence-corrected chi connectivity index (χ4v) is 2.89. The molecule has 1 atom stereocenters. The number of carboxylic acid groups (broad SMARTS) is 1. The van der Waals surface area contributed by atoms with E-state index in [9.17, 15) is 19.8 Å². The first kappa shape index (κ1) is 16.3. The maximum absolute atomic E-state index is 12.9. The Hall–Kier alpha value is -2.53. The average molecular weight is 347 g/mol. The van der Waals surface area contributed by atoms with Gasteiger partial charge < -0.3 is 14.9 Å². The third-order valence-corrected chi connectivity index (χ3v) is 4.40. The van der Waals surface area contributed by atoms with Gasteiger partial charge >= 0.3 is 5.97 Å². The second kappa shape index (κ2) is 6.17. The molecule has 1 aliphatic heterocycles. The number of ketones is 1. The lowest BCUT2D eigenvalue weighted by Gasteiger charge is -2.16. The summed E-state index contributed by atoms with van der Waals surface area (Å²) in [6.45, 7) is 1.86. The number of carbonyl (C=O) groups excluding carboxylic acids is 1. The van der Waals surface area contributed by atoms with Crippen LogP contribution in [0, 0.1) is 0 Å². The number of carbonyl (C=O) groups is 2. The lowest BCUT2D eigenvalue weighted by Crippen LogP contribution is -2.11. The molecule has 0 amide bonds. The van der Waals surface area contributed by atoms with E-state index in [1.165, 1.54) is 6.92 Å². The maximum Gasteiger partial charge on any atom is 0.310 e. The van der Waals surface area contributed by atoms with Crippen molar-refractivity contribution in [2.45, 2.75) is 19.3 Å². The predicted molar refractivity (Wildman–Crippen MR) is 88.2 cm³/mol. The topological polar surface area (TPSA) is 83.8 Å². The summed E-state index contributed by atoms with van der Waals surface area (Å²) in [5.74, 6) is -2.46. The minimum Gasteiger partial charge on any atom is -0.507 e. The van der Waals surface area contributed by atoms with Crippen LogP contribution in [-0.2, 0) is 11.2 Å². The summed E-state index contributed by atoms with van der Waals surface area (Å²) >= 11 is 5.84. The van der Waals surface area contributed by atoms with Gasteiger partial charge in [0, 0.05) is 22.6 Å². The Balaban J connectivity index is 2.17. The normalized spacial score (nSPS) is 13.9. The van der Waals surface area contributed by atoms with E-state index < -0.39 is 17.7 Å². The molecule has 1 heterocycles. The summed E-state index contributed by atoms with van der Waals surface area (Å²) in [5.41, 5.74) is 1.29. The Morgan fingerprint density at radius 1 is 1.25 bits per heavy atom. The van der Waals surface area contributed by atoms with Crippen LogP contribution in [0.1, 0.15) is 39.9 Å². The summed E-state index contributed by atoms with van der Waals surface area (Å²) < 4.78 is 5.52. The van der Waals surface area contributed by atoms with Gasteiger partial charge in [-0.1, -0.05) is 11.6 Å². The molecule has 0 spiro atoms. The third-order valence-electron chi connectivity index (χ3n) is 4.15. The Kier molecular flexibility index (Phi) is 4.20. The molecule has 0 fully saturated rings. The summed E-state index contributed by atoms with van der Waals surface area (Å²) in [5, 5.41) is 20.3. The Labute approximate surface area is 143 Å². The zero-order valence-corrected chi connectivity index (χ0v) is 13.6. The van der Waals surface area contributed by atoms with Gasteiger partial charge in [-0.05, 0) is 42.8 Å². The zero-order valence-electron chi connectivity index (χ0n) is 12.9. The van der Waals surface area contributed by atoms with Gasteiger partial charge in [-0.25, -0.2) is 0 Å². The third kappa shape index (κ3) is 2.71. The number of benzene rings is 2. The van der Waals surface area contributed by atoms with Crippen molar-refractivity contribution in [1.29, 1.82) is 0 Å². The molecule has 0 saturated carbocycles. The van der Waals surface area contributed by atoms with Crippen LogP contribution in [0.25, 0.3) is 0 Å². The van der Waals surface area contributed by atoms with Crippen molar-refractivity contribution in [3.63, 3.8) is 0 Å². The van der Waals surface area contributed by atoms with Gasteiger partial charge in [-0.2, -0.15) is 0 Å². The molecule has 2 aromatic carbocycles. The monoisotopic (exact) mass is 346 g/mol. The molecule has 0 aliphatic carbocycles. The summed E-state index contributed by atoms with van der Waals surface area (Å²) in [7, 11) is 0. The van der Waals surface area contributed by atoms with Crippen LogP contribution in [0.3, 0.4) is 0 Å². The number of phenolic OH excluding ortho intramolecular Hbond substituents is 1. The van der Waals surface area contributed by atoms with Gasteiger partial charge in [0.25, 0.3) is 0 Å². The molecule has 1 aliphatic rings. The molecule has 0 radical (unpaired) electrons. The van der Waals surface area contributed by atoms with Crippen LogP contribution >= 0.6 is 11.6 Å². The average Bonchev–Trinajstić information content (AvgIpc) is 3.01. The molecule has 2 N–H and O–H groups in total. The van der Waals surface area contributed by atoms with Gasteiger partial charge in [0.1, 0.15) is 17.1 Å². The molecule has 0 saturated heterocycles. The van der Waals surface area contributed by atoms with Gasteiger partial charge in [-0.3, -0.25) is 9.59 Å². The van der Waals surface area contributed by atoms with E-state index in [1.54, 1.807) is 30.3 Å². The molecule has 3 rings (SSSR count). The van der Waals surface area contributed by atoms with E-state index in [0.717, 1.165) is 5.56 Å². The predicted octanol–water partition coefficient (Wildman–Crippen LogP) is 3.40. The van der Waals surface area contributed by atoms with Crippen molar-refractivity contribution < 1.29 is 24.5 Å². The highest BCUT2D eigenvalue weighted by molar-refractivity contribution is 6.30. The van der Waals surface area contributed by atoms with Crippen LogP contribution in [0.4, 0.5) is 0 Å². The number of rotatable bonds is 4. The van der Waals surface area contributed by atoms with Crippen molar-refractivity contribution in [2.24, 2.45) is 0 Å². The second-order valence-corrected chi connectivity index (χ2v) is 6.11. The van der Waals surface area contributed by atoms with Crippen LogP contribution in [-0.4, -0.2) is 28.6 Å². The lowest BCUT2D eigenvalue weighted by molar-refractivity contribution is -0.138. The van der Waals surface area contributed by atoms with Crippen LogP contribution in [0.5, 0.6) is 11.5 Å². The fraction of sp³-hybridized carbons (Fsp3) is 0.222. The van der Waals surface area contributed by atoms with Crippen molar-refractivity contribution in [3.8, 4) is 11.5 Å². The second-order valence-electron chi connectivity index (χ2n) is 5.67. The number of carboxylic acids is 1. The number of aliphatic carboxylic acids is 1. The molecular weight excluding hydrogens is 332 g/mol. The lowest BCUT2D eigenvalue weighted by atomic mass is 9.90. The zero-order chi connectivity index (χ0) is 17.4. The van der Waals surface area contributed by atoms with Crippen molar-refractivity contribution >= 4 is 23.4 Å². The number of phenols is 1. The van der Waals surface area contributed by atoms with E-state index in [0.29, 0.717) is 29.4 Å². The maximum atomic E-state index is 12.9. The Morgan fingerprint density at radius 3 is 2.54 bits per heavy atom. The van der Waals surface area contributed by atoms with Crippen LogP contribution < -0.4 is 4.74 Å². The van der Waals surface area contributed by atoms with E-state index in [1.807, 2.05) is 0 Å². The summed E-state index contributed by atoms with van der Waals surface area (Å²) in [6.07, 6.45) is 0.565. The van der Waals surface area contributed by atoms with Crippen LogP contribution in [0.2, 0.25) is 5.02 Å². The Bertz CT molecular complexity index is 826. The van der Waals surface area contributed by atoms with E-state index in [-0.39, 0.29) is 16.9 Å². The molecule has 124 valence electrons. The molecule has 2 aromatic rings. The minimum atomic E-state index is -1.07. The highest BCUT2D eigenvalue weighted by Gasteiger charge is 2.31. The number of hydrogen-bond donors (Lipinski definition) is 2. The summed E-state index contributed by atoms with van der Waals surface area (Å²) in [6, 6.07) is 7.87. The van der Waals surface area contributed by atoms with Gasteiger partial charge in [-0.15, -0.1) is 0 Å². The number of halogens is 1. The molecule has 1 unspecified atom stereocenters. The number of fused-ring (bicyclic) bond motifs is 1. The van der Waals surface area contributed by atoms with Crippen molar-refractivity contribution in [2.75, 3.05) is 6.61 Å². The summed E-state index contributed by atoms with van der Waals surface area (Å²) in [4.78, 5) is 24.2. The molecule has 0 bridgehead atoms. The van der Waals surface area contributed by atoms with Crippen molar-refractivity contribution in [1.82, 2.24) is 0 Å². The minimum absolute atomic E-state index is 0.00965. The molecule has 5 nitrogen and oxygen atoms in total. The van der Waals surface area contributed by atoms with E-state index >= 15 is 0 Å².